The Morgan fingerprint density at radius 1 is 1.56 bits per heavy atom. The third-order valence-corrected chi connectivity index (χ3v) is 2.69. The van der Waals surface area contributed by atoms with Crippen LogP contribution in [0.5, 0.6) is 5.75 Å². The molecule has 0 unspecified atom stereocenters. The zero-order chi connectivity index (χ0) is 13.1. The van der Waals surface area contributed by atoms with Crippen LogP contribution < -0.4 is 0 Å². The Morgan fingerprint density at radius 3 is 3.00 bits per heavy atom. The smallest absolute Gasteiger partial charge is 0.328 e. The molecule has 2 rings (SSSR count). The summed E-state index contributed by atoms with van der Waals surface area (Å²) in [6.07, 6.45) is 1.69. The van der Waals surface area contributed by atoms with Crippen LogP contribution in [0.15, 0.2) is 29.4 Å². The topological polar surface area (TPSA) is 85.7 Å². The monoisotopic (exact) mass is 250 g/mol. The Kier molecular flexibility index (Phi) is 3.27. The standard InChI is InChI=1S/C12H11FN2O3/c13-6-15-11(12(17)18)3-7-5-14-10-2-1-8(16)4-9(7)10/h1-2,4-6,11,14,16H,3H2,(H,17,18)/t11-/m0/s1. The lowest BCUT2D eigenvalue weighted by Gasteiger charge is -2.05. The third-order valence-electron chi connectivity index (χ3n) is 2.69. The van der Waals surface area contributed by atoms with Crippen molar-refractivity contribution in [3.05, 3.63) is 30.0 Å². The first kappa shape index (κ1) is 12.1. The molecule has 1 aromatic carbocycles. The number of hydrogen-bond acceptors (Lipinski definition) is 3. The summed E-state index contributed by atoms with van der Waals surface area (Å²) in [5, 5.41) is 19.0. The number of benzene rings is 1. The molecule has 0 spiro atoms. The summed E-state index contributed by atoms with van der Waals surface area (Å²) >= 11 is 0. The van der Waals surface area contributed by atoms with Crippen LogP contribution >= 0.6 is 0 Å². The number of aliphatic carboxylic acids is 1. The van der Waals surface area contributed by atoms with Crippen LogP contribution in [-0.4, -0.2) is 33.7 Å². The number of phenols is 1. The Hall–Kier alpha value is -2.37. The van der Waals surface area contributed by atoms with Crippen molar-refractivity contribution in [2.75, 3.05) is 0 Å². The van der Waals surface area contributed by atoms with Gasteiger partial charge in [0.05, 0.1) is 0 Å². The number of carboxylic acids is 1. The van der Waals surface area contributed by atoms with Gasteiger partial charge in [-0.1, -0.05) is 0 Å². The van der Waals surface area contributed by atoms with Gasteiger partial charge in [-0.15, -0.1) is 0 Å². The molecule has 0 fully saturated rings. The zero-order valence-corrected chi connectivity index (χ0v) is 9.30. The number of aromatic hydroxyl groups is 1. The van der Waals surface area contributed by atoms with E-state index in [-0.39, 0.29) is 18.6 Å². The second kappa shape index (κ2) is 4.87. The summed E-state index contributed by atoms with van der Waals surface area (Å²) in [6.45, 7) is -0.00883. The molecule has 0 saturated carbocycles. The summed E-state index contributed by atoms with van der Waals surface area (Å²) in [7, 11) is 0. The number of aromatic nitrogens is 1. The molecule has 1 aromatic heterocycles. The molecule has 0 radical (unpaired) electrons. The van der Waals surface area contributed by atoms with Crippen LogP contribution in [0, 0.1) is 0 Å². The Balaban J connectivity index is 2.36. The van der Waals surface area contributed by atoms with Gasteiger partial charge in [-0.3, -0.25) is 0 Å². The molecule has 0 aliphatic carbocycles. The fourth-order valence-electron chi connectivity index (χ4n) is 1.82. The average Bonchev–Trinajstić information content (AvgIpc) is 2.71. The van der Waals surface area contributed by atoms with Gasteiger partial charge in [0.1, 0.15) is 5.75 Å². The predicted molar refractivity (Wildman–Crippen MR) is 64.7 cm³/mol. The Bertz CT molecular complexity index is 606. The van der Waals surface area contributed by atoms with E-state index in [1.54, 1.807) is 12.3 Å². The number of carbonyl (C=O) groups is 1. The highest BCUT2D eigenvalue weighted by Crippen LogP contribution is 2.24. The molecule has 94 valence electrons. The van der Waals surface area contributed by atoms with Gasteiger partial charge < -0.3 is 15.2 Å². The number of nitrogens with one attached hydrogen (secondary N) is 1. The molecule has 18 heavy (non-hydrogen) atoms. The van der Waals surface area contributed by atoms with Crippen LogP contribution in [0.25, 0.3) is 10.9 Å². The van der Waals surface area contributed by atoms with E-state index in [1.807, 2.05) is 0 Å². The van der Waals surface area contributed by atoms with Gasteiger partial charge in [0.15, 0.2) is 12.5 Å². The molecule has 0 amide bonds. The van der Waals surface area contributed by atoms with E-state index in [4.69, 9.17) is 5.11 Å². The SMILES string of the molecule is O=C(O)[C@H](Cc1c[nH]c2ccc(O)cc12)N=CF. The number of rotatable bonds is 4. The van der Waals surface area contributed by atoms with Crippen molar-refractivity contribution in [1.29, 1.82) is 0 Å². The van der Waals surface area contributed by atoms with Crippen molar-refractivity contribution in [2.45, 2.75) is 12.5 Å². The highest BCUT2D eigenvalue weighted by Gasteiger charge is 2.18. The number of aromatic amines is 1. The largest absolute Gasteiger partial charge is 0.508 e. The summed E-state index contributed by atoms with van der Waals surface area (Å²) < 4.78 is 12.0. The van der Waals surface area contributed by atoms with E-state index >= 15 is 0 Å². The van der Waals surface area contributed by atoms with E-state index in [9.17, 15) is 14.3 Å². The minimum absolute atomic E-state index is 0.00883. The summed E-state index contributed by atoms with van der Waals surface area (Å²) in [6, 6.07) is 3.56. The Labute approximate surface area is 102 Å². The number of fused-ring (bicyclic) bond motifs is 1. The number of carboxylic acid groups (broad SMARTS) is 1. The van der Waals surface area contributed by atoms with Gasteiger partial charge in [-0.25, -0.2) is 9.79 Å². The summed E-state index contributed by atoms with van der Waals surface area (Å²) in [5.41, 5.74) is 1.44. The third kappa shape index (κ3) is 2.32. The van der Waals surface area contributed by atoms with Gasteiger partial charge in [0.2, 0.25) is 0 Å². The minimum Gasteiger partial charge on any atom is -0.508 e. The zero-order valence-electron chi connectivity index (χ0n) is 9.30. The number of H-pyrrole nitrogens is 1. The van der Waals surface area contributed by atoms with E-state index < -0.39 is 12.0 Å². The average molecular weight is 250 g/mol. The number of halogens is 1. The lowest BCUT2D eigenvalue weighted by atomic mass is 10.1. The molecule has 0 aliphatic rings. The molecule has 1 atom stereocenters. The number of aliphatic imine (C=N–C) groups is 1. The summed E-state index contributed by atoms with van der Waals surface area (Å²) in [5.74, 6) is -1.11. The molecule has 0 aliphatic heterocycles. The van der Waals surface area contributed by atoms with Crippen LogP contribution in [0.2, 0.25) is 0 Å². The van der Waals surface area contributed by atoms with Crippen LogP contribution in [0.4, 0.5) is 4.39 Å². The molecule has 1 heterocycles. The molecule has 0 saturated heterocycles. The van der Waals surface area contributed by atoms with Crippen molar-refractivity contribution < 1.29 is 19.4 Å². The van der Waals surface area contributed by atoms with Crippen molar-refractivity contribution in [3.63, 3.8) is 0 Å². The minimum atomic E-state index is -1.20. The highest BCUT2D eigenvalue weighted by molar-refractivity contribution is 5.85. The second-order valence-electron chi connectivity index (χ2n) is 3.85. The normalized spacial score (nSPS) is 13.2. The van der Waals surface area contributed by atoms with Crippen LogP contribution in [0.3, 0.4) is 0 Å². The van der Waals surface area contributed by atoms with Crippen molar-refractivity contribution in [1.82, 2.24) is 4.98 Å². The maximum atomic E-state index is 12.0. The number of nitrogens with zero attached hydrogens (tertiary/aromatic N) is 1. The lowest BCUT2D eigenvalue weighted by Crippen LogP contribution is -2.20. The van der Waals surface area contributed by atoms with Crippen LogP contribution in [-0.2, 0) is 11.2 Å². The number of phenolic OH excluding ortho intramolecular Hbond substituents is 1. The molecular weight excluding hydrogens is 239 g/mol. The second-order valence-corrected chi connectivity index (χ2v) is 3.85. The maximum Gasteiger partial charge on any atom is 0.328 e. The van der Waals surface area contributed by atoms with Gasteiger partial charge in [-0.05, 0) is 23.8 Å². The first-order valence-corrected chi connectivity index (χ1v) is 5.25. The molecule has 3 N–H and O–H groups in total. The van der Waals surface area contributed by atoms with E-state index in [0.717, 1.165) is 5.52 Å². The van der Waals surface area contributed by atoms with Crippen molar-refractivity contribution in [3.8, 4) is 5.75 Å². The fraction of sp³-hybridized carbons (Fsp3) is 0.167. The Morgan fingerprint density at radius 2 is 2.33 bits per heavy atom. The van der Waals surface area contributed by atoms with Crippen molar-refractivity contribution >= 4 is 23.3 Å². The van der Waals surface area contributed by atoms with Gasteiger partial charge in [0.25, 0.3) is 0 Å². The van der Waals surface area contributed by atoms with Crippen molar-refractivity contribution in [2.24, 2.45) is 4.99 Å². The van der Waals surface area contributed by atoms with Gasteiger partial charge in [-0.2, -0.15) is 4.39 Å². The molecule has 0 bridgehead atoms. The van der Waals surface area contributed by atoms with E-state index in [2.05, 4.69) is 9.98 Å². The fourth-order valence-corrected chi connectivity index (χ4v) is 1.82. The predicted octanol–water partition coefficient (Wildman–Crippen LogP) is 1.87. The van der Waals surface area contributed by atoms with E-state index in [0.29, 0.717) is 10.9 Å². The lowest BCUT2D eigenvalue weighted by molar-refractivity contribution is -0.138. The molecule has 6 heteroatoms. The van der Waals surface area contributed by atoms with Gasteiger partial charge >= 0.3 is 5.97 Å². The van der Waals surface area contributed by atoms with Crippen LogP contribution in [0.1, 0.15) is 5.56 Å². The maximum absolute atomic E-state index is 12.0. The first-order valence-electron chi connectivity index (χ1n) is 5.25. The number of hydrogen-bond donors (Lipinski definition) is 3. The molecule has 2 aromatic rings. The quantitative estimate of drug-likeness (QED) is 0.724. The molecule has 5 nitrogen and oxygen atoms in total. The summed E-state index contributed by atoms with van der Waals surface area (Å²) in [4.78, 5) is 17.1. The van der Waals surface area contributed by atoms with E-state index in [1.165, 1.54) is 12.1 Å². The first-order chi connectivity index (χ1) is 8.61. The molecular formula is C12H11FN2O3. The van der Waals surface area contributed by atoms with Gasteiger partial charge in [0, 0.05) is 23.5 Å². The highest BCUT2D eigenvalue weighted by atomic mass is 19.1.